The number of nitrogens with one attached hydrogen (secondary N) is 1. The fourth-order valence-corrected chi connectivity index (χ4v) is 3.99. The number of halogens is 1. The smallest absolute Gasteiger partial charge is 0.311 e. The first-order valence-electron chi connectivity index (χ1n) is 8.58. The SMILES string of the molecule is O=C(COC(=O)C1CCCN(C(=O)c2cccs2)C1)Nc1ccccc1Br. The van der Waals surface area contributed by atoms with Gasteiger partial charge >= 0.3 is 5.97 Å². The van der Waals surface area contributed by atoms with E-state index in [9.17, 15) is 14.4 Å². The van der Waals surface area contributed by atoms with Crippen LogP contribution in [0.5, 0.6) is 0 Å². The zero-order valence-corrected chi connectivity index (χ0v) is 16.9. The average molecular weight is 451 g/mol. The number of ether oxygens (including phenoxy) is 1. The van der Waals surface area contributed by atoms with Gasteiger partial charge in [-0.15, -0.1) is 11.3 Å². The quantitative estimate of drug-likeness (QED) is 0.706. The maximum Gasteiger partial charge on any atom is 0.311 e. The lowest BCUT2D eigenvalue weighted by Gasteiger charge is -2.31. The highest BCUT2D eigenvalue weighted by atomic mass is 79.9. The minimum atomic E-state index is -0.444. The van der Waals surface area contributed by atoms with Crippen molar-refractivity contribution in [2.24, 2.45) is 5.92 Å². The van der Waals surface area contributed by atoms with E-state index in [1.807, 2.05) is 23.6 Å². The van der Waals surface area contributed by atoms with E-state index in [0.29, 0.717) is 30.1 Å². The Labute approximate surface area is 169 Å². The summed E-state index contributed by atoms with van der Waals surface area (Å²) in [4.78, 5) is 39.1. The summed E-state index contributed by atoms with van der Waals surface area (Å²) in [5, 5.41) is 4.54. The maximum atomic E-state index is 12.4. The summed E-state index contributed by atoms with van der Waals surface area (Å²) in [6.45, 7) is 0.597. The van der Waals surface area contributed by atoms with E-state index >= 15 is 0 Å². The molecule has 1 atom stereocenters. The molecule has 0 bridgehead atoms. The van der Waals surface area contributed by atoms with Gasteiger partial charge in [0.25, 0.3) is 11.8 Å². The molecule has 1 fully saturated rings. The molecule has 2 heterocycles. The number of thiophene rings is 1. The van der Waals surface area contributed by atoms with Gasteiger partial charge < -0.3 is 15.0 Å². The van der Waals surface area contributed by atoms with Crippen molar-refractivity contribution in [3.05, 3.63) is 51.1 Å². The highest BCUT2D eigenvalue weighted by Gasteiger charge is 2.30. The number of carbonyl (C=O) groups excluding carboxylic acids is 3. The highest BCUT2D eigenvalue weighted by molar-refractivity contribution is 9.10. The summed E-state index contributed by atoms with van der Waals surface area (Å²) in [6.07, 6.45) is 1.39. The number of likely N-dealkylation sites (tertiary alicyclic amines) is 1. The molecular weight excluding hydrogens is 432 g/mol. The van der Waals surface area contributed by atoms with E-state index in [1.54, 1.807) is 23.1 Å². The first kappa shape index (κ1) is 19.6. The lowest BCUT2D eigenvalue weighted by molar-refractivity contribution is -0.152. The Balaban J connectivity index is 1.49. The number of carbonyl (C=O) groups is 3. The van der Waals surface area contributed by atoms with E-state index < -0.39 is 17.8 Å². The molecule has 1 N–H and O–H groups in total. The van der Waals surface area contributed by atoms with Gasteiger partial charge in [0.2, 0.25) is 0 Å². The number of rotatable bonds is 5. The Morgan fingerprint density at radius 2 is 2.04 bits per heavy atom. The van der Waals surface area contributed by atoms with Crippen LogP contribution in [0.15, 0.2) is 46.3 Å². The first-order chi connectivity index (χ1) is 13.0. The molecule has 27 heavy (non-hydrogen) atoms. The lowest BCUT2D eigenvalue weighted by Crippen LogP contribution is -2.43. The third-order valence-electron chi connectivity index (χ3n) is 4.27. The molecule has 0 spiro atoms. The number of amides is 2. The van der Waals surface area contributed by atoms with Gasteiger partial charge in [0.15, 0.2) is 6.61 Å². The molecule has 0 aliphatic carbocycles. The minimum absolute atomic E-state index is 0.0610. The van der Waals surface area contributed by atoms with Crippen LogP contribution >= 0.6 is 27.3 Å². The van der Waals surface area contributed by atoms with Crippen LogP contribution in [0.3, 0.4) is 0 Å². The van der Waals surface area contributed by atoms with Crippen molar-refractivity contribution in [1.82, 2.24) is 4.90 Å². The normalized spacial score (nSPS) is 16.6. The molecule has 1 aliphatic heterocycles. The fourth-order valence-electron chi connectivity index (χ4n) is 2.91. The van der Waals surface area contributed by atoms with Crippen LogP contribution in [-0.2, 0) is 14.3 Å². The molecule has 8 heteroatoms. The van der Waals surface area contributed by atoms with Crippen LogP contribution in [0.4, 0.5) is 5.69 Å². The van der Waals surface area contributed by atoms with Gasteiger partial charge in [0.05, 0.1) is 16.5 Å². The van der Waals surface area contributed by atoms with Crippen LogP contribution in [0.1, 0.15) is 22.5 Å². The van der Waals surface area contributed by atoms with Gasteiger partial charge in [-0.2, -0.15) is 0 Å². The summed E-state index contributed by atoms with van der Waals surface area (Å²) in [5.74, 6) is -1.31. The van der Waals surface area contributed by atoms with Gasteiger partial charge in [-0.3, -0.25) is 14.4 Å². The molecule has 2 amide bonds. The molecule has 1 aliphatic rings. The molecule has 142 valence electrons. The molecule has 1 unspecified atom stereocenters. The molecule has 2 aromatic rings. The predicted octanol–water partition coefficient (Wildman–Crippen LogP) is 3.54. The molecule has 6 nitrogen and oxygen atoms in total. The average Bonchev–Trinajstić information content (AvgIpc) is 3.22. The Morgan fingerprint density at radius 3 is 2.78 bits per heavy atom. The van der Waals surface area contributed by atoms with Gasteiger partial charge in [0.1, 0.15) is 0 Å². The monoisotopic (exact) mass is 450 g/mol. The van der Waals surface area contributed by atoms with E-state index in [0.717, 1.165) is 10.9 Å². The van der Waals surface area contributed by atoms with Gasteiger partial charge in [-0.05, 0) is 52.4 Å². The van der Waals surface area contributed by atoms with Crippen molar-refractivity contribution in [2.45, 2.75) is 12.8 Å². The Bertz CT molecular complexity index is 825. The zero-order chi connectivity index (χ0) is 19.2. The number of benzene rings is 1. The van der Waals surface area contributed by atoms with Crippen LogP contribution in [0.25, 0.3) is 0 Å². The van der Waals surface area contributed by atoms with E-state index in [-0.39, 0.29) is 12.5 Å². The first-order valence-corrected chi connectivity index (χ1v) is 10.3. The number of hydrogen-bond donors (Lipinski definition) is 1. The second-order valence-electron chi connectivity index (χ2n) is 6.20. The zero-order valence-electron chi connectivity index (χ0n) is 14.5. The second kappa shape index (κ2) is 9.14. The Kier molecular flexibility index (Phi) is 6.63. The van der Waals surface area contributed by atoms with Crippen LogP contribution in [0.2, 0.25) is 0 Å². The molecular formula is C19H19BrN2O4S. The Hall–Kier alpha value is -2.19. The number of esters is 1. The predicted molar refractivity (Wildman–Crippen MR) is 107 cm³/mol. The summed E-state index contributed by atoms with van der Waals surface area (Å²) in [7, 11) is 0. The number of piperidine rings is 1. The van der Waals surface area contributed by atoms with E-state index in [2.05, 4.69) is 21.2 Å². The molecule has 1 aromatic heterocycles. The number of nitrogens with zero attached hydrogens (tertiary/aromatic N) is 1. The van der Waals surface area contributed by atoms with Crippen LogP contribution in [0, 0.1) is 5.92 Å². The van der Waals surface area contributed by atoms with Crippen molar-refractivity contribution in [3.63, 3.8) is 0 Å². The topological polar surface area (TPSA) is 75.7 Å². The Morgan fingerprint density at radius 1 is 1.22 bits per heavy atom. The molecule has 3 rings (SSSR count). The summed E-state index contributed by atoms with van der Waals surface area (Å²) >= 11 is 4.73. The third kappa shape index (κ3) is 5.17. The number of anilines is 1. The largest absolute Gasteiger partial charge is 0.455 e. The molecule has 1 saturated heterocycles. The van der Waals surface area contributed by atoms with Gasteiger partial charge in [0, 0.05) is 17.6 Å². The summed E-state index contributed by atoms with van der Waals surface area (Å²) in [6, 6.07) is 10.8. The van der Waals surface area contributed by atoms with Crippen molar-refractivity contribution in [1.29, 1.82) is 0 Å². The number of para-hydroxylation sites is 1. The molecule has 1 aromatic carbocycles. The van der Waals surface area contributed by atoms with Gasteiger partial charge in [-0.25, -0.2) is 0 Å². The van der Waals surface area contributed by atoms with Crippen LogP contribution < -0.4 is 5.32 Å². The van der Waals surface area contributed by atoms with E-state index in [1.165, 1.54) is 11.3 Å². The standard InChI is InChI=1S/C19H19BrN2O4S/c20-14-6-1-2-7-15(14)21-17(23)12-26-19(25)13-5-3-9-22(11-13)18(24)16-8-4-10-27-16/h1-2,4,6-8,10,13H,3,5,9,11-12H2,(H,21,23). The fraction of sp³-hybridized carbons (Fsp3) is 0.316. The number of hydrogen-bond acceptors (Lipinski definition) is 5. The second-order valence-corrected chi connectivity index (χ2v) is 8.01. The maximum absolute atomic E-state index is 12.4. The van der Waals surface area contributed by atoms with Crippen molar-refractivity contribution in [3.8, 4) is 0 Å². The molecule has 0 saturated carbocycles. The molecule has 0 radical (unpaired) electrons. The highest BCUT2D eigenvalue weighted by Crippen LogP contribution is 2.22. The van der Waals surface area contributed by atoms with Gasteiger partial charge in [-0.1, -0.05) is 18.2 Å². The van der Waals surface area contributed by atoms with Crippen molar-refractivity contribution < 1.29 is 19.1 Å². The minimum Gasteiger partial charge on any atom is -0.455 e. The lowest BCUT2D eigenvalue weighted by atomic mass is 9.98. The summed E-state index contributed by atoms with van der Waals surface area (Å²) in [5.41, 5.74) is 0.615. The third-order valence-corrected chi connectivity index (χ3v) is 5.82. The van der Waals surface area contributed by atoms with Crippen LogP contribution in [-0.4, -0.2) is 42.4 Å². The summed E-state index contributed by atoms with van der Waals surface area (Å²) < 4.78 is 5.92. The van der Waals surface area contributed by atoms with Crippen molar-refractivity contribution >= 4 is 50.7 Å². The van der Waals surface area contributed by atoms with Crippen molar-refractivity contribution in [2.75, 3.05) is 25.0 Å². The van der Waals surface area contributed by atoms with E-state index in [4.69, 9.17) is 4.74 Å².